The van der Waals surface area contributed by atoms with Crippen molar-refractivity contribution in [3.05, 3.63) is 29.3 Å². The van der Waals surface area contributed by atoms with Crippen LogP contribution in [0.15, 0.2) is 18.2 Å². The minimum absolute atomic E-state index is 0.744. The van der Waals surface area contributed by atoms with Gasteiger partial charge in [0.1, 0.15) is 5.75 Å². The molecule has 0 fully saturated rings. The zero-order valence-corrected chi connectivity index (χ0v) is 11.9. The van der Waals surface area contributed by atoms with Crippen LogP contribution in [0.5, 0.6) is 5.75 Å². The van der Waals surface area contributed by atoms with Crippen LogP contribution in [0.1, 0.15) is 57.1 Å². The molecule has 0 amide bonds. The number of unbranched alkanes of at least 4 members (excludes halogenated alkanes) is 4. The van der Waals surface area contributed by atoms with Gasteiger partial charge in [0.25, 0.3) is 0 Å². The summed E-state index contributed by atoms with van der Waals surface area (Å²) in [5.74, 6) is 0.825. The Morgan fingerprint density at radius 3 is 2.56 bits per heavy atom. The second-order valence-corrected chi connectivity index (χ2v) is 4.99. The molecule has 1 aromatic rings. The number of hydrogen-bond acceptors (Lipinski definition) is 2. The number of benzene rings is 1. The van der Waals surface area contributed by atoms with Crippen LogP contribution >= 0.6 is 0 Å². The van der Waals surface area contributed by atoms with Gasteiger partial charge in [-0.1, -0.05) is 50.3 Å². The van der Waals surface area contributed by atoms with Gasteiger partial charge in [0.2, 0.25) is 0 Å². The smallest absolute Gasteiger partial charge is 0.194 e. The van der Waals surface area contributed by atoms with Crippen LogP contribution in [0, 0.1) is 6.92 Å². The quantitative estimate of drug-likeness (QED) is 0.553. The Labute approximate surface area is 111 Å². The van der Waals surface area contributed by atoms with E-state index in [1.54, 1.807) is 6.92 Å². The topological polar surface area (TPSA) is 29.5 Å². The van der Waals surface area contributed by atoms with Gasteiger partial charge in [-0.15, -0.1) is 0 Å². The van der Waals surface area contributed by atoms with Crippen LogP contribution in [-0.4, -0.2) is 11.4 Å². The van der Waals surface area contributed by atoms with E-state index >= 15 is 0 Å². The van der Waals surface area contributed by atoms with Crippen molar-refractivity contribution in [2.75, 3.05) is 0 Å². The van der Waals surface area contributed by atoms with Crippen LogP contribution in [0.3, 0.4) is 0 Å². The fourth-order valence-electron chi connectivity index (χ4n) is 2.12. The monoisotopic (exact) mass is 250 g/mol. The Balaban J connectivity index is 2.53. The molecule has 0 aromatic heterocycles. The lowest BCUT2D eigenvalue weighted by Crippen LogP contribution is -2.11. The standard InChI is InChI=1S/C16H26O2/c1-4-5-6-7-8-9-15-12-13(2)10-11-16(15)18-14(3)17/h10-12,14,17H,4-9H2,1-3H3. The Hall–Kier alpha value is -1.02. The predicted octanol–water partition coefficient (Wildman–Crippen LogP) is 4.23. The third kappa shape index (κ3) is 5.54. The van der Waals surface area contributed by atoms with Crippen molar-refractivity contribution in [2.45, 2.75) is 65.6 Å². The molecular weight excluding hydrogens is 224 g/mol. The number of aliphatic hydroxyl groups excluding tert-OH is 1. The minimum atomic E-state index is -0.744. The van der Waals surface area contributed by atoms with Gasteiger partial charge in [0, 0.05) is 0 Å². The first-order chi connectivity index (χ1) is 8.63. The van der Waals surface area contributed by atoms with Crippen molar-refractivity contribution in [1.82, 2.24) is 0 Å². The molecule has 1 rings (SSSR count). The SMILES string of the molecule is CCCCCCCc1cc(C)ccc1OC(C)O. The van der Waals surface area contributed by atoms with Gasteiger partial charge < -0.3 is 9.84 Å². The van der Waals surface area contributed by atoms with E-state index in [9.17, 15) is 5.11 Å². The van der Waals surface area contributed by atoms with Gasteiger partial charge in [-0.05, 0) is 38.3 Å². The predicted molar refractivity (Wildman–Crippen MR) is 76.0 cm³/mol. The summed E-state index contributed by atoms with van der Waals surface area (Å²) in [6.07, 6.45) is 6.68. The highest BCUT2D eigenvalue weighted by Crippen LogP contribution is 2.23. The van der Waals surface area contributed by atoms with Gasteiger partial charge in [0.15, 0.2) is 6.29 Å². The molecule has 0 aliphatic carbocycles. The first-order valence-electron chi connectivity index (χ1n) is 7.07. The first kappa shape index (κ1) is 15.0. The normalized spacial score (nSPS) is 12.4. The van der Waals surface area contributed by atoms with Crippen molar-refractivity contribution in [3.63, 3.8) is 0 Å². The lowest BCUT2D eigenvalue weighted by molar-refractivity contribution is -0.00102. The van der Waals surface area contributed by atoms with Crippen LogP contribution in [0.2, 0.25) is 0 Å². The van der Waals surface area contributed by atoms with Gasteiger partial charge in [-0.25, -0.2) is 0 Å². The maximum absolute atomic E-state index is 9.32. The summed E-state index contributed by atoms with van der Waals surface area (Å²) in [6, 6.07) is 6.15. The molecule has 2 nitrogen and oxygen atoms in total. The molecule has 0 radical (unpaired) electrons. The largest absolute Gasteiger partial charge is 0.465 e. The van der Waals surface area contributed by atoms with Crippen LogP contribution in [0.4, 0.5) is 0 Å². The van der Waals surface area contributed by atoms with Gasteiger partial charge in [0.05, 0.1) is 0 Å². The van der Waals surface area contributed by atoms with Crippen molar-refractivity contribution in [3.8, 4) is 5.75 Å². The van der Waals surface area contributed by atoms with E-state index in [2.05, 4.69) is 19.9 Å². The van der Waals surface area contributed by atoms with Crippen LogP contribution in [-0.2, 0) is 6.42 Å². The van der Waals surface area contributed by atoms with Crippen LogP contribution in [0.25, 0.3) is 0 Å². The molecule has 1 aromatic carbocycles. The highest BCUT2D eigenvalue weighted by molar-refractivity contribution is 5.37. The van der Waals surface area contributed by atoms with E-state index in [4.69, 9.17) is 4.74 Å². The zero-order chi connectivity index (χ0) is 13.4. The van der Waals surface area contributed by atoms with E-state index in [1.807, 2.05) is 12.1 Å². The summed E-state index contributed by atoms with van der Waals surface area (Å²) >= 11 is 0. The third-order valence-corrected chi connectivity index (χ3v) is 3.06. The number of aliphatic hydroxyl groups is 1. The van der Waals surface area contributed by atoms with Gasteiger partial charge in [-0.3, -0.25) is 0 Å². The maximum atomic E-state index is 9.32. The third-order valence-electron chi connectivity index (χ3n) is 3.06. The maximum Gasteiger partial charge on any atom is 0.194 e. The molecule has 0 saturated carbocycles. The molecular formula is C16H26O2. The minimum Gasteiger partial charge on any atom is -0.465 e. The van der Waals surface area contributed by atoms with E-state index in [0.29, 0.717) is 0 Å². The number of rotatable bonds is 8. The molecule has 1 atom stereocenters. The molecule has 0 saturated heterocycles. The number of aryl methyl sites for hydroxylation is 2. The summed E-state index contributed by atoms with van der Waals surface area (Å²) in [5, 5.41) is 9.32. The molecule has 2 heteroatoms. The van der Waals surface area contributed by atoms with Gasteiger partial charge in [-0.2, -0.15) is 0 Å². The molecule has 0 heterocycles. The fourth-order valence-corrected chi connectivity index (χ4v) is 2.12. The summed E-state index contributed by atoms with van der Waals surface area (Å²) in [6.45, 7) is 5.97. The van der Waals surface area contributed by atoms with E-state index in [-0.39, 0.29) is 0 Å². The number of ether oxygens (including phenoxy) is 1. The summed E-state index contributed by atoms with van der Waals surface area (Å²) < 4.78 is 5.43. The molecule has 18 heavy (non-hydrogen) atoms. The van der Waals surface area contributed by atoms with E-state index in [0.717, 1.165) is 12.2 Å². The molecule has 0 bridgehead atoms. The molecule has 0 spiro atoms. The molecule has 0 aliphatic heterocycles. The first-order valence-corrected chi connectivity index (χ1v) is 7.07. The molecule has 1 unspecified atom stereocenters. The summed E-state index contributed by atoms with van der Waals surface area (Å²) in [4.78, 5) is 0. The molecule has 0 aliphatic rings. The molecule has 102 valence electrons. The lowest BCUT2D eigenvalue weighted by Gasteiger charge is -2.14. The van der Waals surface area contributed by atoms with Crippen molar-refractivity contribution >= 4 is 0 Å². The summed E-state index contributed by atoms with van der Waals surface area (Å²) in [7, 11) is 0. The van der Waals surface area contributed by atoms with Crippen molar-refractivity contribution in [1.29, 1.82) is 0 Å². The summed E-state index contributed by atoms with van der Waals surface area (Å²) in [5.41, 5.74) is 2.46. The lowest BCUT2D eigenvalue weighted by atomic mass is 10.0. The van der Waals surface area contributed by atoms with Gasteiger partial charge >= 0.3 is 0 Å². The van der Waals surface area contributed by atoms with Crippen molar-refractivity contribution < 1.29 is 9.84 Å². The molecule has 1 N–H and O–H groups in total. The average molecular weight is 250 g/mol. The number of hydrogen-bond donors (Lipinski definition) is 1. The second kappa shape index (κ2) is 8.15. The highest BCUT2D eigenvalue weighted by atomic mass is 16.6. The Morgan fingerprint density at radius 1 is 1.17 bits per heavy atom. The van der Waals surface area contributed by atoms with Crippen LogP contribution < -0.4 is 4.74 Å². The second-order valence-electron chi connectivity index (χ2n) is 4.99. The fraction of sp³-hybridized carbons (Fsp3) is 0.625. The zero-order valence-electron chi connectivity index (χ0n) is 11.9. The average Bonchev–Trinajstić information content (AvgIpc) is 2.31. The Morgan fingerprint density at radius 2 is 1.89 bits per heavy atom. The van der Waals surface area contributed by atoms with Crippen molar-refractivity contribution in [2.24, 2.45) is 0 Å². The van der Waals surface area contributed by atoms with E-state index in [1.165, 1.54) is 43.2 Å². The Kier molecular flexibility index (Phi) is 6.81. The Bertz CT molecular complexity index is 345. The highest BCUT2D eigenvalue weighted by Gasteiger charge is 2.06. The van der Waals surface area contributed by atoms with E-state index < -0.39 is 6.29 Å².